The van der Waals surface area contributed by atoms with Crippen LogP contribution in [-0.4, -0.2) is 9.55 Å². The van der Waals surface area contributed by atoms with Gasteiger partial charge < -0.3 is 0 Å². The Balaban J connectivity index is 2.46. The molecule has 0 atom stereocenters. The summed E-state index contributed by atoms with van der Waals surface area (Å²) in [6.45, 7) is 0. The average molecular weight is 359 g/mol. The molecule has 118 valence electrons. The molecule has 0 aliphatic heterocycles. The topological polar surface area (TPSA) is 34.9 Å². The molecule has 0 saturated heterocycles. The summed E-state index contributed by atoms with van der Waals surface area (Å²) < 4.78 is 39.8. The lowest BCUT2D eigenvalue weighted by Crippen LogP contribution is -2.20. The summed E-state index contributed by atoms with van der Waals surface area (Å²) in [6, 6.07) is 9.40. The minimum absolute atomic E-state index is 0.0227. The molecule has 2 aromatic heterocycles. The smallest absolute Gasteiger partial charge is 0.269 e. The molecule has 0 amide bonds. The van der Waals surface area contributed by atoms with Gasteiger partial charge in [0.25, 0.3) is 5.56 Å². The molecule has 0 fully saturated rings. The molecule has 0 radical (unpaired) electrons. The average Bonchev–Trinajstić information content (AvgIpc) is 2.47. The van der Waals surface area contributed by atoms with E-state index in [2.05, 4.69) is 4.98 Å². The van der Waals surface area contributed by atoms with E-state index in [-0.39, 0.29) is 26.8 Å². The predicted molar refractivity (Wildman–Crippen MR) is 82.4 cm³/mol. The molecule has 3 nitrogen and oxygen atoms in total. The van der Waals surface area contributed by atoms with Gasteiger partial charge in [0.2, 0.25) is 0 Å². The number of fused-ring (bicyclic) bond motifs is 1. The van der Waals surface area contributed by atoms with Crippen molar-refractivity contribution in [3.05, 3.63) is 68.6 Å². The lowest BCUT2D eigenvalue weighted by molar-refractivity contribution is -0.141. The van der Waals surface area contributed by atoms with E-state index in [9.17, 15) is 18.0 Å². The van der Waals surface area contributed by atoms with Crippen LogP contribution in [0.25, 0.3) is 16.7 Å². The van der Waals surface area contributed by atoms with E-state index in [1.807, 2.05) is 0 Å². The number of hydrogen-bond acceptors (Lipinski definition) is 2. The number of halogens is 5. The third-order valence-electron chi connectivity index (χ3n) is 3.20. The summed E-state index contributed by atoms with van der Waals surface area (Å²) in [4.78, 5) is 15.8. The van der Waals surface area contributed by atoms with Crippen molar-refractivity contribution in [1.29, 1.82) is 0 Å². The fourth-order valence-electron chi connectivity index (χ4n) is 2.18. The minimum atomic E-state index is -4.64. The molecule has 0 N–H and O–H groups in total. The highest BCUT2D eigenvalue weighted by Gasteiger charge is 2.33. The van der Waals surface area contributed by atoms with E-state index in [1.54, 1.807) is 12.1 Å². The zero-order valence-corrected chi connectivity index (χ0v) is 12.7. The molecule has 0 aliphatic carbocycles. The summed E-state index contributed by atoms with van der Waals surface area (Å²) in [7, 11) is 0. The van der Waals surface area contributed by atoms with Crippen molar-refractivity contribution >= 4 is 34.2 Å². The van der Waals surface area contributed by atoms with Crippen molar-refractivity contribution in [2.75, 3.05) is 0 Å². The first-order valence-electron chi connectivity index (χ1n) is 6.33. The van der Waals surface area contributed by atoms with Gasteiger partial charge in [-0.25, -0.2) is 4.98 Å². The second-order valence-corrected chi connectivity index (χ2v) is 5.50. The largest absolute Gasteiger partial charge is 0.433 e. The standard InChI is InChI=1S/C15H7Cl2F3N2O/c16-9-3-1-2-4-11(9)22-13(23)7-10(17)8-5-6-12(15(18,19)20)21-14(8)22/h1-7H. The maximum Gasteiger partial charge on any atom is 0.433 e. The van der Waals surface area contributed by atoms with Crippen molar-refractivity contribution in [3.8, 4) is 5.69 Å². The second kappa shape index (κ2) is 5.54. The van der Waals surface area contributed by atoms with Crippen LogP contribution in [0.4, 0.5) is 13.2 Å². The van der Waals surface area contributed by atoms with Gasteiger partial charge in [0, 0.05) is 11.5 Å². The SMILES string of the molecule is O=c1cc(Cl)c2ccc(C(F)(F)F)nc2n1-c1ccccc1Cl. The van der Waals surface area contributed by atoms with Crippen LogP contribution < -0.4 is 5.56 Å². The number of para-hydroxylation sites is 1. The lowest BCUT2D eigenvalue weighted by atomic mass is 10.2. The number of pyridine rings is 2. The van der Waals surface area contributed by atoms with Crippen LogP contribution in [0.2, 0.25) is 10.0 Å². The minimum Gasteiger partial charge on any atom is -0.269 e. The molecule has 3 rings (SSSR count). The number of alkyl halides is 3. The van der Waals surface area contributed by atoms with Gasteiger partial charge in [0.05, 0.1) is 15.7 Å². The molecule has 0 spiro atoms. The first kappa shape index (κ1) is 15.8. The first-order valence-corrected chi connectivity index (χ1v) is 7.09. The molecule has 2 heterocycles. The monoisotopic (exact) mass is 358 g/mol. The van der Waals surface area contributed by atoms with E-state index >= 15 is 0 Å². The van der Waals surface area contributed by atoms with E-state index in [1.165, 1.54) is 18.2 Å². The zero-order valence-electron chi connectivity index (χ0n) is 11.2. The molecule has 1 aromatic carbocycles. The quantitative estimate of drug-likeness (QED) is 0.631. The molecule has 0 unspecified atom stereocenters. The van der Waals surface area contributed by atoms with Gasteiger partial charge >= 0.3 is 6.18 Å². The number of aromatic nitrogens is 2. The van der Waals surface area contributed by atoms with Gasteiger partial charge in [0.15, 0.2) is 0 Å². The number of rotatable bonds is 1. The third kappa shape index (κ3) is 2.80. The maximum atomic E-state index is 12.9. The molecule has 8 heteroatoms. The number of hydrogen-bond donors (Lipinski definition) is 0. The van der Waals surface area contributed by atoms with Crippen LogP contribution in [0, 0.1) is 0 Å². The molecule has 3 aromatic rings. The van der Waals surface area contributed by atoms with E-state index < -0.39 is 17.4 Å². The predicted octanol–water partition coefficient (Wildman–Crippen LogP) is 4.71. The van der Waals surface area contributed by atoms with Gasteiger partial charge in [0.1, 0.15) is 11.3 Å². The van der Waals surface area contributed by atoms with E-state index in [4.69, 9.17) is 23.2 Å². The van der Waals surface area contributed by atoms with Crippen LogP contribution in [0.5, 0.6) is 0 Å². The van der Waals surface area contributed by atoms with Gasteiger partial charge in [-0.05, 0) is 24.3 Å². The van der Waals surface area contributed by atoms with Crippen molar-refractivity contribution in [3.63, 3.8) is 0 Å². The molecule has 0 saturated carbocycles. The molecule has 0 aliphatic rings. The Morgan fingerprint density at radius 3 is 2.35 bits per heavy atom. The lowest BCUT2D eigenvalue weighted by Gasteiger charge is -2.13. The molecular weight excluding hydrogens is 352 g/mol. The van der Waals surface area contributed by atoms with E-state index in [0.717, 1.165) is 16.7 Å². The fraction of sp³-hybridized carbons (Fsp3) is 0.0667. The van der Waals surface area contributed by atoms with Gasteiger partial charge in [-0.3, -0.25) is 9.36 Å². The van der Waals surface area contributed by atoms with Gasteiger partial charge in [-0.2, -0.15) is 13.2 Å². The Kier molecular flexibility index (Phi) is 3.82. The zero-order chi connectivity index (χ0) is 16.8. The highest BCUT2D eigenvalue weighted by molar-refractivity contribution is 6.35. The molecule has 0 bridgehead atoms. The highest BCUT2D eigenvalue weighted by atomic mass is 35.5. The summed E-state index contributed by atoms with van der Waals surface area (Å²) in [6.07, 6.45) is -4.64. The van der Waals surface area contributed by atoms with Crippen LogP contribution in [0.3, 0.4) is 0 Å². The maximum absolute atomic E-state index is 12.9. The van der Waals surface area contributed by atoms with Gasteiger partial charge in [-0.1, -0.05) is 35.3 Å². The summed E-state index contributed by atoms with van der Waals surface area (Å²) in [5.74, 6) is 0. The second-order valence-electron chi connectivity index (χ2n) is 4.68. The van der Waals surface area contributed by atoms with Crippen LogP contribution in [0.1, 0.15) is 5.69 Å². The Bertz CT molecular complexity index is 967. The Morgan fingerprint density at radius 1 is 1.00 bits per heavy atom. The summed E-state index contributed by atoms with van der Waals surface area (Å²) in [5.41, 5.74) is -1.71. The van der Waals surface area contributed by atoms with Crippen LogP contribution in [-0.2, 0) is 6.18 Å². The van der Waals surface area contributed by atoms with Crippen molar-refractivity contribution in [2.45, 2.75) is 6.18 Å². The first-order chi connectivity index (χ1) is 10.8. The number of benzene rings is 1. The van der Waals surface area contributed by atoms with Crippen molar-refractivity contribution in [1.82, 2.24) is 9.55 Å². The Labute approximate surface area is 137 Å². The molecule has 23 heavy (non-hydrogen) atoms. The Morgan fingerprint density at radius 2 is 1.70 bits per heavy atom. The Hall–Kier alpha value is -2.05. The fourth-order valence-corrected chi connectivity index (χ4v) is 2.65. The van der Waals surface area contributed by atoms with Crippen molar-refractivity contribution in [2.24, 2.45) is 0 Å². The molecular formula is C15H7Cl2F3N2O. The third-order valence-corrected chi connectivity index (χ3v) is 3.83. The highest BCUT2D eigenvalue weighted by Crippen LogP contribution is 2.31. The normalized spacial score (nSPS) is 11.9. The number of nitrogens with zero attached hydrogens (tertiary/aromatic N) is 2. The van der Waals surface area contributed by atoms with Crippen molar-refractivity contribution < 1.29 is 13.2 Å². The van der Waals surface area contributed by atoms with Gasteiger partial charge in [-0.15, -0.1) is 0 Å². The van der Waals surface area contributed by atoms with Crippen LogP contribution in [0.15, 0.2) is 47.3 Å². The summed E-state index contributed by atoms with van der Waals surface area (Å²) in [5, 5.41) is 0.450. The van der Waals surface area contributed by atoms with E-state index in [0.29, 0.717) is 0 Å². The summed E-state index contributed by atoms with van der Waals surface area (Å²) >= 11 is 12.0. The van der Waals surface area contributed by atoms with Crippen LogP contribution >= 0.6 is 23.2 Å².